The van der Waals surface area contributed by atoms with Crippen molar-refractivity contribution in [3.8, 4) is 0 Å². The van der Waals surface area contributed by atoms with E-state index in [1.165, 1.54) is 11.3 Å². The summed E-state index contributed by atoms with van der Waals surface area (Å²) < 4.78 is 1.77. The van der Waals surface area contributed by atoms with E-state index in [4.69, 9.17) is 10.8 Å². The predicted molar refractivity (Wildman–Crippen MR) is 70.2 cm³/mol. The van der Waals surface area contributed by atoms with Gasteiger partial charge >= 0.3 is 5.97 Å². The molecule has 0 spiro atoms. The number of nitrogens with two attached hydrogens (primary N) is 1. The van der Waals surface area contributed by atoms with Gasteiger partial charge in [-0.2, -0.15) is 0 Å². The van der Waals surface area contributed by atoms with Crippen LogP contribution in [0.1, 0.15) is 12.1 Å². The van der Waals surface area contributed by atoms with Crippen molar-refractivity contribution in [3.05, 3.63) is 23.5 Å². The molecule has 4 N–H and O–H groups in total. The molecule has 0 aromatic carbocycles. The molecular formula is C11H12N4O4S. The second-order valence-electron chi connectivity index (χ2n) is 4.13. The van der Waals surface area contributed by atoms with Gasteiger partial charge in [-0.15, -0.1) is 11.3 Å². The van der Waals surface area contributed by atoms with Gasteiger partial charge in [-0.05, 0) is 0 Å². The average molecular weight is 296 g/mol. The van der Waals surface area contributed by atoms with E-state index in [-0.39, 0.29) is 6.42 Å². The average Bonchev–Trinajstić information content (AvgIpc) is 2.87. The molecule has 2 rings (SSSR count). The number of rotatable bonds is 6. The van der Waals surface area contributed by atoms with E-state index in [1.54, 1.807) is 10.6 Å². The van der Waals surface area contributed by atoms with Gasteiger partial charge in [0.1, 0.15) is 6.04 Å². The van der Waals surface area contributed by atoms with Crippen LogP contribution >= 0.6 is 11.3 Å². The van der Waals surface area contributed by atoms with E-state index in [9.17, 15) is 14.4 Å². The first kappa shape index (κ1) is 14.0. The molecule has 0 aliphatic heterocycles. The van der Waals surface area contributed by atoms with Crippen molar-refractivity contribution < 1.29 is 19.5 Å². The Hall–Kier alpha value is -2.42. The Morgan fingerprint density at radius 3 is 2.85 bits per heavy atom. The molecule has 0 bridgehead atoms. The molecule has 2 heterocycles. The quantitative estimate of drug-likeness (QED) is 0.655. The number of imidazole rings is 1. The lowest BCUT2D eigenvalue weighted by atomic mass is 10.2. The third-order valence-corrected chi connectivity index (χ3v) is 3.29. The van der Waals surface area contributed by atoms with E-state index in [0.717, 1.165) is 4.96 Å². The third-order valence-electron chi connectivity index (χ3n) is 2.52. The van der Waals surface area contributed by atoms with Gasteiger partial charge in [0.05, 0.1) is 18.5 Å². The number of amides is 2. The first-order valence-corrected chi connectivity index (χ1v) is 6.55. The number of nitrogens with zero attached hydrogens (tertiary/aromatic N) is 2. The van der Waals surface area contributed by atoms with E-state index in [0.29, 0.717) is 5.69 Å². The van der Waals surface area contributed by atoms with Gasteiger partial charge in [-0.1, -0.05) is 0 Å². The zero-order valence-corrected chi connectivity index (χ0v) is 11.1. The number of nitrogens with one attached hydrogen (secondary N) is 1. The summed E-state index contributed by atoms with van der Waals surface area (Å²) in [4.78, 5) is 38.3. The number of carbonyl (C=O) groups excluding carboxylic acids is 2. The molecule has 0 radical (unpaired) electrons. The second kappa shape index (κ2) is 5.70. The number of aliphatic carboxylic acids is 1. The molecule has 1 atom stereocenters. The summed E-state index contributed by atoms with van der Waals surface area (Å²) in [6.07, 6.45) is 2.99. The van der Waals surface area contributed by atoms with Crippen LogP contribution in [0.15, 0.2) is 17.8 Å². The Kier molecular flexibility index (Phi) is 3.99. The molecule has 106 valence electrons. The minimum atomic E-state index is -1.32. The van der Waals surface area contributed by atoms with Gasteiger partial charge in [-0.25, -0.2) is 9.78 Å². The number of hydrogen-bond donors (Lipinski definition) is 3. The Balaban J connectivity index is 1.98. The lowest BCUT2D eigenvalue weighted by Gasteiger charge is -2.11. The number of fused-ring (bicyclic) bond motifs is 1. The number of hydrogen-bond acceptors (Lipinski definition) is 5. The van der Waals surface area contributed by atoms with Crippen LogP contribution in [0.5, 0.6) is 0 Å². The second-order valence-corrected chi connectivity index (χ2v) is 5.00. The topological polar surface area (TPSA) is 127 Å². The maximum Gasteiger partial charge on any atom is 0.326 e. The van der Waals surface area contributed by atoms with E-state index < -0.39 is 30.2 Å². The van der Waals surface area contributed by atoms with Crippen molar-refractivity contribution in [1.29, 1.82) is 0 Å². The summed E-state index contributed by atoms with van der Waals surface area (Å²) in [5.74, 6) is -2.62. The van der Waals surface area contributed by atoms with Crippen LogP contribution in [0.25, 0.3) is 4.96 Å². The van der Waals surface area contributed by atoms with E-state index >= 15 is 0 Å². The molecule has 0 fully saturated rings. The van der Waals surface area contributed by atoms with Crippen molar-refractivity contribution in [1.82, 2.24) is 14.7 Å². The number of aromatic nitrogens is 2. The van der Waals surface area contributed by atoms with Gasteiger partial charge in [0, 0.05) is 17.8 Å². The summed E-state index contributed by atoms with van der Waals surface area (Å²) in [5.41, 5.74) is 5.45. The summed E-state index contributed by atoms with van der Waals surface area (Å²) in [6, 6.07) is -1.32. The number of primary amides is 1. The van der Waals surface area contributed by atoms with Gasteiger partial charge in [0.2, 0.25) is 11.8 Å². The Morgan fingerprint density at radius 2 is 2.25 bits per heavy atom. The summed E-state index contributed by atoms with van der Waals surface area (Å²) in [7, 11) is 0. The molecule has 20 heavy (non-hydrogen) atoms. The van der Waals surface area contributed by atoms with Crippen LogP contribution < -0.4 is 11.1 Å². The Labute approximate surface area is 117 Å². The molecule has 0 aliphatic rings. The number of carboxylic acids is 1. The van der Waals surface area contributed by atoms with Crippen LogP contribution in [-0.2, 0) is 20.8 Å². The normalized spacial score (nSPS) is 12.2. The predicted octanol–water partition coefficient (Wildman–Crippen LogP) is -0.617. The van der Waals surface area contributed by atoms with Crippen molar-refractivity contribution in [2.75, 3.05) is 0 Å². The maximum absolute atomic E-state index is 11.7. The van der Waals surface area contributed by atoms with Crippen molar-refractivity contribution >= 4 is 34.1 Å². The van der Waals surface area contributed by atoms with Gasteiger partial charge < -0.3 is 16.2 Å². The van der Waals surface area contributed by atoms with Crippen LogP contribution in [-0.4, -0.2) is 38.3 Å². The number of carbonyl (C=O) groups is 3. The molecule has 0 aliphatic carbocycles. The fourth-order valence-electron chi connectivity index (χ4n) is 1.67. The maximum atomic E-state index is 11.7. The minimum absolute atomic E-state index is 0.0586. The lowest BCUT2D eigenvalue weighted by molar-refractivity contribution is -0.143. The van der Waals surface area contributed by atoms with Crippen LogP contribution in [0, 0.1) is 0 Å². The molecule has 2 aromatic heterocycles. The largest absolute Gasteiger partial charge is 0.480 e. The smallest absolute Gasteiger partial charge is 0.326 e. The zero-order chi connectivity index (χ0) is 14.7. The highest BCUT2D eigenvalue weighted by Crippen LogP contribution is 2.11. The van der Waals surface area contributed by atoms with Crippen molar-refractivity contribution in [3.63, 3.8) is 0 Å². The van der Waals surface area contributed by atoms with Gasteiger partial charge in [-0.3, -0.25) is 14.0 Å². The van der Waals surface area contributed by atoms with Gasteiger partial charge in [0.15, 0.2) is 4.96 Å². The molecule has 0 saturated carbocycles. The number of thiazole rings is 1. The molecule has 0 saturated heterocycles. The molecule has 0 unspecified atom stereocenters. The van der Waals surface area contributed by atoms with E-state index in [2.05, 4.69) is 10.3 Å². The molecule has 2 amide bonds. The Morgan fingerprint density at radius 1 is 1.50 bits per heavy atom. The molecular weight excluding hydrogens is 284 g/mol. The van der Waals surface area contributed by atoms with E-state index in [1.807, 2.05) is 11.6 Å². The SMILES string of the molecule is NC(=O)C[C@H](NC(=O)Cc1cn2ccsc2n1)C(=O)O. The van der Waals surface area contributed by atoms with Crippen LogP contribution in [0.3, 0.4) is 0 Å². The zero-order valence-electron chi connectivity index (χ0n) is 10.3. The first-order chi connectivity index (χ1) is 9.45. The van der Waals surface area contributed by atoms with Crippen LogP contribution in [0.2, 0.25) is 0 Å². The van der Waals surface area contributed by atoms with Gasteiger partial charge in [0.25, 0.3) is 0 Å². The fraction of sp³-hybridized carbons (Fsp3) is 0.273. The fourth-order valence-corrected chi connectivity index (χ4v) is 2.39. The minimum Gasteiger partial charge on any atom is -0.480 e. The summed E-state index contributed by atoms with van der Waals surface area (Å²) in [5, 5.41) is 13.0. The van der Waals surface area contributed by atoms with Crippen LogP contribution in [0.4, 0.5) is 0 Å². The summed E-state index contributed by atoms with van der Waals surface area (Å²) in [6.45, 7) is 0. The monoisotopic (exact) mass is 296 g/mol. The lowest BCUT2D eigenvalue weighted by Crippen LogP contribution is -2.43. The van der Waals surface area contributed by atoms with Crippen molar-refractivity contribution in [2.24, 2.45) is 5.73 Å². The highest BCUT2D eigenvalue weighted by atomic mass is 32.1. The summed E-state index contributed by atoms with van der Waals surface area (Å²) >= 11 is 1.43. The molecule has 9 heteroatoms. The molecule has 8 nitrogen and oxygen atoms in total. The molecule has 2 aromatic rings. The standard InChI is InChI=1S/C11H12N4O4S/c12-8(16)4-7(10(18)19)14-9(17)3-6-5-15-1-2-20-11(15)13-6/h1-2,5,7H,3-4H2,(H2,12,16)(H,14,17)(H,18,19)/t7-/m0/s1. The van der Waals surface area contributed by atoms with Crippen molar-refractivity contribution in [2.45, 2.75) is 18.9 Å². The first-order valence-electron chi connectivity index (χ1n) is 5.67. The Bertz CT molecular complexity index is 634. The third kappa shape index (κ3) is 3.32. The highest BCUT2D eigenvalue weighted by molar-refractivity contribution is 7.15. The highest BCUT2D eigenvalue weighted by Gasteiger charge is 2.22. The number of carboxylic acid groups (broad SMARTS) is 1.